The molecule has 3 heterocycles. The molecule has 3 rings (SSSR count). The zero-order valence-electron chi connectivity index (χ0n) is 10.0. The number of hydrogen-bond donors (Lipinski definition) is 1. The van der Waals surface area contributed by atoms with Gasteiger partial charge in [0.25, 0.3) is 0 Å². The van der Waals surface area contributed by atoms with Crippen LogP contribution in [0.15, 0.2) is 0 Å². The molecular formula is C12H19N3OS. The Balaban J connectivity index is 1.83. The molecule has 0 amide bonds. The van der Waals surface area contributed by atoms with Gasteiger partial charge < -0.3 is 9.67 Å². The first-order chi connectivity index (χ1) is 8.38. The number of thioether (sulfide) groups is 1. The standard InChI is InChI=1S/C12H19N3OS/c16-8-9-1-2-11-13-14-12(15(11)7-9)10-3-5-17-6-4-10/h9-10,16H,1-8H2. The number of hydrogen-bond acceptors (Lipinski definition) is 4. The summed E-state index contributed by atoms with van der Waals surface area (Å²) in [7, 11) is 0. The smallest absolute Gasteiger partial charge is 0.136 e. The molecule has 0 radical (unpaired) electrons. The largest absolute Gasteiger partial charge is 0.396 e. The van der Waals surface area contributed by atoms with E-state index in [9.17, 15) is 5.11 Å². The molecule has 0 bridgehead atoms. The fourth-order valence-electron chi connectivity index (χ4n) is 2.82. The van der Waals surface area contributed by atoms with Gasteiger partial charge in [-0.05, 0) is 30.8 Å². The maximum absolute atomic E-state index is 9.30. The molecule has 2 aliphatic heterocycles. The predicted octanol–water partition coefficient (Wildman–Crippen LogP) is 1.44. The van der Waals surface area contributed by atoms with Crippen LogP contribution in [-0.2, 0) is 13.0 Å². The summed E-state index contributed by atoms with van der Waals surface area (Å²) in [6.07, 6.45) is 4.48. The van der Waals surface area contributed by atoms with Crippen LogP contribution in [0.3, 0.4) is 0 Å². The van der Waals surface area contributed by atoms with Crippen LogP contribution in [0, 0.1) is 5.92 Å². The Hall–Kier alpha value is -0.550. The van der Waals surface area contributed by atoms with Crippen LogP contribution >= 0.6 is 11.8 Å². The third kappa shape index (κ3) is 2.22. The molecule has 1 unspecified atom stereocenters. The molecule has 4 nitrogen and oxygen atoms in total. The van der Waals surface area contributed by atoms with Crippen molar-refractivity contribution >= 4 is 11.8 Å². The van der Waals surface area contributed by atoms with Gasteiger partial charge in [0.2, 0.25) is 0 Å². The summed E-state index contributed by atoms with van der Waals surface area (Å²) in [5, 5.41) is 18.0. The van der Waals surface area contributed by atoms with Crippen molar-refractivity contribution in [1.82, 2.24) is 14.8 Å². The highest BCUT2D eigenvalue weighted by molar-refractivity contribution is 7.99. The van der Waals surface area contributed by atoms with Crippen LogP contribution in [0.25, 0.3) is 0 Å². The highest BCUT2D eigenvalue weighted by atomic mass is 32.2. The molecule has 1 atom stereocenters. The molecule has 0 aliphatic carbocycles. The van der Waals surface area contributed by atoms with Gasteiger partial charge >= 0.3 is 0 Å². The minimum Gasteiger partial charge on any atom is -0.396 e. The summed E-state index contributed by atoms with van der Waals surface area (Å²) in [6.45, 7) is 1.20. The Bertz CT molecular complexity index is 387. The molecule has 0 spiro atoms. The van der Waals surface area contributed by atoms with Crippen molar-refractivity contribution in [2.75, 3.05) is 18.1 Å². The normalized spacial score (nSPS) is 25.8. The Morgan fingerprint density at radius 1 is 1.24 bits per heavy atom. The van der Waals surface area contributed by atoms with E-state index < -0.39 is 0 Å². The molecule has 0 aromatic carbocycles. The lowest BCUT2D eigenvalue weighted by Gasteiger charge is -2.26. The molecule has 1 fully saturated rings. The monoisotopic (exact) mass is 253 g/mol. The summed E-state index contributed by atoms with van der Waals surface area (Å²) in [5.41, 5.74) is 0. The van der Waals surface area contributed by atoms with Crippen molar-refractivity contribution in [3.63, 3.8) is 0 Å². The van der Waals surface area contributed by atoms with Gasteiger partial charge in [-0.2, -0.15) is 11.8 Å². The molecule has 0 saturated carbocycles. The maximum atomic E-state index is 9.30. The lowest BCUT2D eigenvalue weighted by atomic mass is 9.98. The third-order valence-electron chi connectivity index (χ3n) is 3.92. The molecule has 1 aromatic rings. The quantitative estimate of drug-likeness (QED) is 0.866. The minimum absolute atomic E-state index is 0.289. The van der Waals surface area contributed by atoms with Crippen molar-refractivity contribution in [1.29, 1.82) is 0 Å². The summed E-state index contributed by atoms with van der Waals surface area (Å²) < 4.78 is 2.28. The number of aryl methyl sites for hydroxylation is 1. The van der Waals surface area contributed by atoms with E-state index in [1.807, 2.05) is 11.8 Å². The Morgan fingerprint density at radius 3 is 2.82 bits per heavy atom. The molecule has 17 heavy (non-hydrogen) atoms. The Labute approximate surface area is 106 Å². The van der Waals surface area contributed by atoms with Gasteiger partial charge in [0.05, 0.1) is 0 Å². The van der Waals surface area contributed by atoms with Crippen molar-refractivity contribution < 1.29 is 5.11 Å². The second-order valence-corrected chi connectivity index (χ2v) is 6.28. The van der Waals surface area contributed by atoms with E-state index in [0.717, 1.165) is 25.2 Å². The number of aliphatic hydroxyl groups is 1. The van der Waals surface area contributed by atoms with Crippen LogP contribution in [0.5, 0.6) is 0 Å². The number of rotatable bonds is 2. The highest BCUT2D eigenvalue weighted by Crippen LogP contribution is 2.32. The molecule has 5 heteroatoms. The van der Waals surface area contributed by atoms with E-state index in [4.69, 9.17) is 0 Å². The van der Waals surface area contributed by atoms with Gasteiger partial charge in [-0.25, -0.2) is 0 Å². The van der Waals surface area contributed by atoms with E-state index in [-0.39, 0.29) is 6.61 Å². The Morgan fingerprint density at radius 2 is 2.06 bits per heavy atom. The number of aromatic nitrogens is 3. The van der Waals surface area contributed by atoms with E-state index in [1.54, 1.807) is 0 Å². The van der Waals surface area contributed by atoms with Gasteiger partial charge in [0, 0.05) is 31.4 Å². The SMILES string of the molecule is OCC1CCc2nnc(C3CCSCC3)n2C1. The summed E-state index contributed by atoms with van der Waals surface area (Å²) in [6, 6.07) is 0. The average Bonchev–Trinajstić information content (AvgIpc) is 2.82. The van der Waals surface area contributed by atoms with Crippen LogP contribution in [-0.4, -0.2) is 38.0 Å². The van der Waals surface area contributed by atoms with E-state index in [1.165, 1.54) is 30.2 Å². The maximum Gasteiger partial charge on any atom is 0.136 e. The zero-order chi connectivity index (χ0) is 11.7. The lowest BCUT2D eigenvalue weighted by molar-refractivity contribution is 0.188. The lowest BCUT2D eigenvalue weighted by Crippen LogP contribution is -2.25. The second-order valence-electron chi connectivity index (χ2n) is 5.06. The van der Waals surface area contributed by atoms with Gasteiger partial charge in [0.1, 0.15) is 11.6 Å². The number of nitrogens with zero attached hydrogens (tertiary/aromatic N) is 3. The van der Waals surface area contributed by atoms with Crippen molar-refractivity contribution in [3.8, 4) is 0 Å². The first-order valence-corrected chi connectivity index (χ1v) is 7.64. The van der Waals surface area contributed by atoms with Gasteiger partial charge in [-0.1, -0.05) is 0 Å². The molecule has 1 saturated heterocycles. The molecule has 94 valence electrons. The van der Waals surface area contributed by atoms with Crippen molar-refractivity contribution in [2.24, 2.45) is 5.92 Å². The Kier molecular flexibility index (Phi) is 3.38. The molecule has 1 N–H and O–H groups in total. The molecule has 2 aliphatic rings. The van der Waals surface area contributed by atoms with E-state index in [2.05, 4.69) is 14.8 Å². The summed E-state index contributed by atoms with van der Waals surface area (Å²) in [4.78, 5) is 0. The fraction of sp³-hybridized carbons (Fsp3) is 0.833. The summed E-state index contributed by atoms with van der Waals surface area (Å²) in [5.74, 6) is 5.79. The van der Waals surface area contributed by atoms with Crippen LogP contribution in [0.1, 0.15) is 36.8 Å². The first-order valence-electron chi connectivity index (χ1n) is 6.49. The summed E-state index contributed by atoms with van der Waals surface area (Å²) >= 11 is 2.04. The third-order valence-corrected chi connectivity index (χ3v) is 4.97. The second kappa shape index (κ2) is 4.98. The average molecular weight is 253 g/mol. The van der Waals surface area contributed by atoms with Gasteiger partial charge in [-0.15, -0.1) is 10.2 Å². The predicted molar refractivity (Wildman–Crippen MR) is 68.2 cm³/mol. The minimum atomic E-state index is 0.289. The fourth-order valence-corrected chi connectivity index (χ4v) is 3.93. The highest BCUT2D eigenvalue weighted by Gasteiger charge is 2.27. The van der Waals surface area contributed by atoms with Gasteiger partial charge in [-0.3, -0.25) is 0 Å². The zero-order valence-corrected chi connectivity index (χ0v) is 10.8. The number of fused-ring (bicyclic) bond motifs is 1. The number of aliphatic hydroxyl groups excluding tert-OH is 1. The van der Waals surface area contributed by atoms with E-state index >= 15 is 0 Å². The molecular weight excluding hydrogens is 234 g/mol. The first kappa shape index (κ1) is 11.5. The van der Waals surface area contributed by atoms with E-state index in [0.29, 0.717) is 11.8 Å². The molecule has 1 aromatic heterocycles. The van der Waals surface area contributed by atoms with Gasteiger partial charge in [0.15, 0.2) is 0 Å². The van der Waals surface area contributed by atoms with Crippen molar-refractivity contribution in [2.45, 2.75) is 38.1 Å². The van der Waals surface area contributed by atoms with Crippen LogP contribution in [0.4, 0.5) is 0 Å². The van der Waals surface area contributed by atoms with Crippen LogP contribution < -0.4 is 0 Å². The van der Waals surface area contributed by atoms with Crippen LogP contribution in [0.2, 0.25) is 0 Å². The van der Waals surface area contributed by atoms with Crippen molar-refractivity contribution in [3.05, 3.63) is 11.6 Å². The topological polar surface area (TPSA) is 50.9 Å².